The Morgan fingerprint density at radius 2 is 2.16 bits per heavy atom. The lowest BCUT2D eigenvalue weighted by Gasteiger charge is -2.23. The van der Waals surface area contributed by atoms with E-state index in [2.05, 4.69) is 5.32 Å². The lowest BCUT2D eigenvalue weighted by atomic mass is 10.2. The van der Waals surface area contributed by atoms with Crippen molar-refractivity contribution in [2.24, 2.45) is 0 Å². The molecule has 1 heterocycles. The van der Waals surface area contributed by atoms with Crippen LogP contribution in [-0.2, 0) is 19.4 Å². The molecule has 0 spiro atoms. The number of hydrogen-bond acceptors (Lipinski definition) is 5. The molecule has 6 nitrogen and oxygen atoms in total. The minimum atomic E-state index is -2.93. The van der Waals surface area contributed by atoms with Gasteiger partial charge < -0.3 is 15.0 Å². The Labute approximate surface area is 115 Å². The number of methoxy groups -OCH3 is 1. The van der Waals surface area contributed by atoms with E-state index >= 15 is 0 Å². The second-order valence-corrected chi connectivity index (χ2v) is 7.14. The molecule has 0 bridgehead atoms. The summed E-state index contributed by atoms with van der Waals surface area (Å²) in [5.74, 6) is 0.308. The third-order valence-electron chi connectivity index (χ3n) is 3.37. The standard InChI is InChI=1S/C12H24N2O4S/c1-14(11-5-9-19(16,17)10-11)12(15)4-7-13-6-3-8-18-2/h11,13H,3-10H2,1-2H3. The third kappa shape index (κ3) is 5.88. The zero-order valence-electron chi connectivity index (χ0n) is 11.7. The van der Waals surface area contributed by atoms with Crippen LogP contribution in [-0.4, -0.2) is 70.6 Å². The molecule has 1 amide bonds. The summed E-state index contributed by atoms with van der Waals surface area (Å²) >= 11 is 0. The van der Waals surface area contributed by atoms with Gasteiger partial charge in [0.25, 0.3) is 0 Å². The molecule has 1 aliphatic heterocycles. The highest BCUT2D eigenvalue weighted by atomic mass is 32.2. The van der Waals surface area contributed by atoms with E-state index in [9.17, 15) is 13.2 Å². The largest absolute Gasteiger partial charge is 0.385 e. The van der Waals surface area contributed by atoms with Crippen molar-refractivity contribution >= 4 is 15.7 Å². The van der Waals surface area contributed by atoms with E-state index in [4.69, 9.17) is 4.74 Å². The molecule has 1 atom stereocenters. The topological polar surface area (TPSA) is 75.7 Å². The second kappa shape index (κ2) is 7.81. The van der Waals surface area contributed by atoms with Crippen LogP contribution in [0.3, 0.4) is 0 Å². The molecule has 1 fully saturated rings. The minimum Gasteiger partial charge on any atom is -0.385 e. The van der Waals surface area contributed by atoms with Crippen molar-refractivity contribution < 1.29 is 17.9 Å². The van der Waals surface area contributed by atoms with E-state index in [1.165, 1.54) is 0 Å². The summed E-state index contributed by atoms with van der Waals surface area (Å²) in [7, 11) is 0.421. The van der Waals surface area contributed by atoms with Crippen molar-refractivity contribution in [1.82, 2.24) is 10.2 Å². The van der Waals surface area contributed by atoms with Gasteiger partial charge >= 0.3 is 0 Å². The highest BCUT2D eigenvalue weighted by Gasteiger charge is 2.32. The zero-order chi connectivity index (χ0) is 14.3. The average Bonchev–Trinajstić information content (AvgIpc) is 2.73. The van der Waals surface area contributed by atoms with Gasteiger partial charge in [-0.1, -0.05) is 0 Å². The van der Waals surface area contributed by atoms with Crippen LogP contribution in [0.4, 0.5) is 0 Å². The van der Waals surface area contributed by atoms with Gasteiger partial charge in [-0.3, -0.25) is 4.79 Å². The summed E-state index contributed by atoms with van der Waals surface area (Å²) in [5, 5.41) is 3.17. The quantitative estimate of drug-likeness (QED) is 0.619. The summed E-state index contributed by atoms with van der Waals surface area (Å²) in [6, 6.07) is -0.147. The summed E-state index contributed by atoms with van der Waals surface area (Å²) < 4.78 is 27.7. The van der Waals surface area contributed by atoms with Crippen LogP contribution in [0, 0.1) is 0 Å². The predicted molar refractivity (Wildman–Crippen MR) is 73.8 cm³/mol. The van der Waals surface area contributed by atoms with Crippen LogP contribution >= 0.6 is 0 Å². The normalized spacial score (nSPS) is 21.5. The van der Waals surface area contributed by atoms with Crippen LogP contribution in [0.1, 0.15) is 19.3 Å². The molecule has 0 aromatic rings. The molecule has 0 radical (unpaired) electrons. The summed E-state index contributed by atoms with van der Waals surface area (Å²) in [6.45, 7) is 2.15. The monoisotopic (exact) mass is 292 g/mol. The van der Waals surface area contributed by atoms with Crippen molar-refractivity contribution in [1.29, 1.82) is 0 Å². The van der Waals surface area contributed by atoms with E-state index in [0.29, 0.717) is 26.0 Å². The average molecular weight is 292 g/mol. The van der Waals surface area contributed by atoms with Crippen LogP contribution < -0.4 is 5.32 Å². The van der Waals surface area contributed by atoms with Crippen molar-refractivity contribution in [2.45, 2.75) is 25.3 Å². The number of nitrogens with one attached hydrogen (secondary N) is 1. The highest BCUT2D eigenvalue weighted by Crippen LogP contribution is 2.16. The van der Waals surface area contributed by atoms with Crippen LogP contribution in [0.5, 0.6) is 0 Å². The van der Waals surface area contributed by atoms with Crippen molar-refractivity contribution in [3.8, 4) is 0 Å². The molecule has 0 aromatic heterocycles. The molecule has 0 aliphatic carbocycles. The van der Waals surface area contributed by atoms with E-state index in [0.717, 1.165) is 13.0 Å². The molecule has 7 heteroatoms. The maximum Gasteiger partial charge on any atom is 0.223 e. The van der Waals surface area contributed by atoms with Gasteiger partial charge in [-0.25, -0.2) is 8.42 Å². The predicted octanol–water partition coefficient (Wildman–Crippen LogP) is -0.352. The molecule has 1 N–H and O–H groups in total. The molecule has 19 heavy (non-hydrogen) atoms. The Bertz CT molecular complexity index is 383. The number of sulfone groups is 1. The molecule has 1 unspecified atom stereocenters. The van der Waals surface area contributed by atoms with Crippen molar-refractivity contribution in [3.05, 3.63) is 0 Å². The second-order valence-electron chi connectivity index (χ2n) is 4.91. The van der Waals surface area contributed by atoms with Gasteiger partial charge in [0, 0.05) is 39.8 Å². The lowest BCUT2D eigenvalue weighted by Crippen LogP contribution is -2.39. The van der Waals surface area contributed by atoms with Crippen molar-refractivity contribution in [2.75, 3.05) is 45.4 Å². The van der Waals surface area contributed by atoms with E-state index in [1.807, 2.05) is 0 Å². The fourth-order valence-corrected chi connectivity index (χ4v) is 3.90. The number of hydrogen-bond donors (Lipinski definition) is 1. The van der Waals surface area contributed by atoms with Gasteiger partial charge in [-0.05, 0) is 19.4 Å². The molecule has 1 rings (SSSR count). The Hall–Kier alpha value is -0.660. The Kier molecular flexibility index (Phi) is 6.74. The number of nitrogens with zero attached hydrogens (tertiary/aromatic N) is 1. The number of carbonyl (C=O) groups is 1. The fraction of sp³-hybridized carbons (Fsp3) is 0.917. The third-order valence-corrected chi connectivity index (χ3v) is 5.12. The SMILES string of the molecule is COCCCNCCC(=O)N(C)C1CCS(=O)(=O)C1. The van der Waals surface area contributed by atoms with Crippen LogP contribution in [0.25, 0.3) is 0 Å². The smallest absolute Gasteiger partial charge is 0.223 e. The van der Waals surface area contributed by atoms with E-state index in [1.54, 1.807) is 19.1 Å². The van der Waals surface area contributed by atoms with Gasteiger partial charge in [0.15, 0.2) is 9.84 Å². The summed E-state index contributed by atoms with van der Waals surface area (Å²) in [5.41, 5.74) is 0. The molecule has 0 saturated carbocycles. The summed E-state index contributed by atoms with van der Waals surface area (Å²) in [4.78, 5) is 13.5. The number of amides is 1. The van der Waals surface area contributed by atoms with Gasteiger partial charge in [0.2, 0.25) is 5.91 Å². The molecular formula is C12H24N2O4S. The highest BCUT2D eigenvalue weighted by molar-refractivity contribution is 7.91. The Balaban J connectivity index is 2.19. The molecule has 1 aliphatic rings. The molecule has 0 aromatic carbocycles. The first-order valence-corrected chi connectivity index (χ1v) is 8.44. The van der Waals surface area contributed by atoms with E-state index in [-0.39, 0.29) is 23.5 Å². The van der Waals surface area contributed by atoms with Gasteiger partial charge in [0.05, 0.1) is 11.5 Å². The number of ether oxygens (including phenoxy) is 1. The van der Waals surface area contributed by atoms with Crippen LogP contribution in [0.2, 0.25) is 0 Å². The molecular weight excluding hydrogens is 268 g/mol. The maximum absolute atomic E-state index is 11.9. The first-order valence-electron chi connectivity index (χ1n) is 6.62. The summed E-state index contributed by atoms with van der Waals surface area (Å²) in [6.07, 6.45) is 1.88. The minimum absolute atomic E-state index is 0.00124. The first-order chi connectivity index (χ1) is 8.96. The fourth-order valence-electron chi connectivity index (χ4n) is 2.12. The Morgan fingerprint density at radius 3 is 2.74 bits per heavy atom. The number of carbonyl (C=O) groups excluding carboxylic acids is 1. The maximum atomic E-state index is 11.9. The van der Waals surface area contributed by atoms with Gasteiger partial charge in [-0.2, -0.15) is 0 Å². The lowest BCUT2D eigenvalue weighted by molar-refractivity contribution is -0.131. The van der Waals surface area contributed by atoms with Crippen LogP contribution in [0.15, 0.2) is 0 Å². The number of rotatable bonds is 8. The molecule has 112 valence electrons. The zero-order valence-corrected chi connectivity index (χ0v) is 12.5. The van der Waals surface area contributed by atoms with Crippen molar-refractivity contribution in [3.63, 3.8) is 0 Å². The Morgan fingerprint density at radius 1 is 1.42 bits per heavy atom. The first kappa shape index (κ1) is 16.4. The van der Waals surface area contributed by atoms with Gasteiger partial charge in [-0.15, -0.1) is 0 Å². The van der Waals surface area contributed by atoms with Gasteiger partial charge in [0.1, 0.15) is 0 Å². The van der Waals surface area contributed by atoms with E-state index < -0.39 is 9.84 Å². The molecule has 1 saturated heterocycles.